The van der Waals surface area contributed by atoms with Crippen molar-refractivity contribution in [3.05, 3.63) is 53.4 Å². The van der Waals surface area contributed by atoms with E-state index >= 15 is 0 Å². The van der Waals surface area contributed by atoms with Gasteiger partial charge in [0.05, 0.1) is 18.1 Å². The average Bonchev–Trinajstić information content (AvgIpc) is 2.71. The number of hydrazine groups is 1. The molecule has 0 radical (unpaired) electrons. The van der Waals surface area contributed by atoms with Gasteiger partial charge in [-0.1, -0.05) is 6.07 Å². The normalized spacial score (nSPS) is 12.7. The van der Waals surface area contributed by atoms with Crippen LogP contribution in [0.4, 0.5) is 4.39 Å². The molecule has 0 saturated carbocycles. The van der Waals surface area contributed by atoms with E-state index in [1.165, 1.54) is 12.1 Å². The molecule has 0 saturated heterocycles. The predicted octanol–water partition coefficient (Wildman–Crippen LogP) is 1.42. The van der Waals surface area contributed by atoms with Gasteiger partial charge in [-0.3, -0.25) is 5.84 Å². The minimum absolute atomic E-state index is 0.276. The Kier molecular flexibility index (Phi) is 3.21. The molecule has 0 aliphatic heterocycles. The van der Waals surface area contributed by atoms with Gasteiger partial charge < -0.3 is 4.57 Å². The van der Waals surface area contributed by atoms with Gasteiger partial charge >= 0.3 is 0 Å². The van der Waals surface area contributed by atoms with Crippen LogP contribution in [0.2, 0.25) is 0 Å². The number of hydrogen-bond donors (Lipinski definition) is 2. The molecule has 3 N–H and O–H groups in total. The fourth-order valence-corrected chi connectivity index (χ4v) is 1.84. The highest BCUT2D eigenvalue weighted by molar-refractivity contribution is 5.34. The highest BCUT2D eigenvalue weighted by atomic mass is 19.1. The molecular weight excluding hydrogens is 219 g/mol. The number of halogens is 1. The quantitative estimate of drug-likeness (QED) is 0.624. The fourth-order valence-electron chi connectivity index (χ4n) is 1.84. The van der Waals surface area contributed by atoms with Crippen LogP contribution in [0.25, 0.3) is 0 Å². The number of nitrogens with zero attached hydrogens (tertiary/aromatic N) is 2. The molecule has 0 aliphatic carbocycles. The zero-order valence-electron chi connectivity index (χ0n) is 9.81. The van der Waals surface area contributed by atoms with Gasteiger partial charge in [-0.15, -0.1) is 0 Å². The first-order valence-electron chi connectivity index (χ1n) is 5.32. The molecule has 1 heterocycles. The zero-order valence-corrected chi connectivity index (χ0v) is 9.81. The maximum atomic E-state index is 13.3. The molecular formula is C12H15FN4. The molecule has 2 rings (SSSR count). The van der Waals surface area contributed by atoms with Gasteiger partial charge in [0.25, 0.3) is 0 Å². The third-order valence-electron chi connectivity index (χ3n) is 2.74. The van der Waals surface area contributed by atoms with E-state index in [1.54, 1.807) is 12.4 Å². The summed E-state index contributed by atoms with van der Waals surface area (Å²) in [4.78, 5) is 4.23. The maximum absolute atomic E-state index is 13.3. The monoisotopic (exact) mass is 234 g/mol. The Morgan fingerprint density at radius 1 is 1.47 bits per heavy atom. The second-order valence-electron chi connectivity index (χ2n) is 4.06. The Balaban J connectivity index is 2.45. The highest BCUT2D eigenvalue weighted by Gasteiger charge is 2.17. The van der Waals surface area contributed by atoms with Crippen molar-refractivity contribution in [3.8, 4) is 0 Å². The van der Waals surface area contributed by atoms with E-state index in [1.807, 2.05) is 24.7 Å². The summed E-state index contributed by atoms with van der Waals surface area (Å²) in [5.41, 5.74) is 5.21. The van der Waals surface area contributed by atoms with Crippen LogP contribution in [0, 0.1) is 12.7 Å². The number of nitrogens with one attached hydrogen (secondary N) is 1. The van der Waals surface area contributed by atoms with Gasteiger partial charge in [0.1, 0.15) is 5.82 Å². The molecule has 5 heteroatoms. The fraction of sp³-hybridized carbons (Fsp3) is 0.250. The predicted molar refractivity (Wildman–Crippen MR) is 63.5 cm³/mol. The van der Waals surface area contributed by atoms with E-state index in [0.717, 1.165) is 16.8 Å². The van der Waals surface area contributed by atoms with Crippen LogP contribution in [0.3, 0.4) is 0 Å². The molecule has 0 fully saturated rings. The highest BCUT2D eigenvalue weighted by Crippen LogP contribution is 2.23. The summed E-state index contributed by atoms with van der Waals surface area (Å²) in [5.74, 6) is 5.27. The molecule has 0 aliphatic rings. The summed E-state index contributed by atoms with van der Waals surface area (Å²) in [6.45, 7) is 1.92. The van der Waals surface area contributed by atoms with Crippen molar-refractivity contribution in [3.63, 3.8) is 0 Å². The van der Waals surface area contributed by atoms with Gasteiger partial charge in [-0.25, -0.2) is 14.8 Å². The third kappa shape index (κ3) is 2.35. The van der Waals surface area contributed by atoms with Crippen molar-refractivity contribution < 1.29 is 4.39 Å². The lowest BCUT2D eigenvalue weighted by atomic mass is 9.99. The minimum atomic E-state index is -0.299. The van der Waals surface area contributed by atoms with Gasteiger partial charge in [0.15, 0.2) is 0 Å². The van der Waals surface area contributed by atoms with E-state index in [0.29, 0.717) is 0 Å². The summed E-state index contributed by atoms with van der Waals surface area (Å²) >= 11 is 0. The Bertz CT molecular complexity index is 521. The number of imidazole rings is 1. The number of rotatable bonds is 3. The molecule has 1 atom stereocenters. The molecule has 1 unspecified atom stereocenters. The first kappa shape index (κ1) is 11.8. The number of hydrogen-bond acceptors (Lipinski definition) is 3. The molecule has 0 amide bonds. The van der Waals surface area contributed by atoms with Crippen LogP contribution in [0.15, 0.2) is 30.7 Å². The second-order valence-corrected chi connectivity index (χ2v) is 4.06. The van der Waals surface area contributed by atoms with Gasteiger partial charge in [0.2, 0.25) is 0 Å². The summed E-state index contributed by atoms with van der Waals surface area (Å²) in [6, 6.07) is 4.35. The minimum Gasteiger partial charge on any atom is -0.340 e. The maximum Gasteiger partial charge on any atom is 0.123 e. The summed E-state index contributed by atoms with van der Waals surface area (Å²) in [6.07, 6.45) is 3.54. The van der Waals surface area contributed by atoms with Crippen molar-refractivity contribution in [1.82, 2.24) is 15.0 Å². The first-order chi connectivity index (χ1) is 8.11. The lowest BCUT2D eigenvalue weighted by Gasteiger charge is -2.16. The van der Waals surface area contributed by atoms with E-state index in [4.69, 9.17) is 5.84 Å². The van der Waals surface area contributed by atoms with Crippen LogP contribution in [-0.2, 0) is 7.05 Å². The van der Waals surface area contributed by atoms with Crippen molar-refractivity contribution >= 4 is 0 Å². The smallest absolute Gasteiger partial charge is 0.123 e. The molecule has 1 aromatic heterocycles. The second kappa shape index (κ2) is 4.65. The molecule has 1 aromatic carbocycles. The van der Waals surface area contributed by atoms with E-state index in [-0.39, 0.29) is 11.9 Å². The van der Waals surface area contributed by atoms with Crippen LogP contribution in [0.5, 0.6) is 0 Å². The van der Waals surface area contributed by atoms with E-state index in [9.17, 15) is 4.39 Å². The van der Waals surface area contributed by atoms with Crippen molar-refractivity contribution in [2.24, 2.45) is 12.9 Å². The zero-order chi connectivity index (χ0) is 12.4. The van der Waals surface area contributed by atoms with Crippen LogP contribution < -0.4 is 11.3 Å². The van der Waals surface area contributed by atoms with E-state index in [2.05, 4.69) is 10.4 Å². The van der Waals surface area contributed by atoms with E-state index < -0.39 is 0 Å². The topological polar surface area (TPSA) is 55.9 Å². The summed E-state index contributed by atoms with van der Waals surface area (Å²) < 4.78 is 15.1. The largest absolute Gasteiger partial charge is 0.340 e. The standard InChI is InChI=1S/C12H15FN4/c1-8-3-4-9(13)5-10(8)12(16-14)11-6-17(2)7-15-11/h3-7,12,16H,14H2,1-2H3. The molecule has 0 bridgehead atoms. The van der Waals surface area contributed by atoms with Crippen molar-refractivity contribution in [1.29, 1.82) is 0 Å². The lowest BCUT2D eigenvalue weighted by molar-refractivity contribution is 0.596. The lowest BCUT2D eigenvalue weighted by Crippen LogP contribution is -2.29. The molecule has 0 spiro atoms. The summed E-state index contributed by atoms with van der Waals surface area (Å²) in [5, 5.41) is 0. The van der Waals surface area contributed by atoms with Crippen LogP contribution >= 0.6 is 0 Å². The molecule has 2 aromatic rings. The van der Waals surface area contributed by atoms with Crippen molar-refractivity contribution in [2.75, 3.05) is 0 Å². The number of aryl methyl sites for hydroxylation is 2. The summed E-state index contributed by atoms with van der Waals surface area (Å²) in [7, 11) is 1.88. The number of nitrogens with two attached hydrogens (primary N) is 1. The van der Waals surface area contributed by atoms with Gasteiger partial charge in [-0.2, -0.15) is 0 Å². The molecule has 4 nitrogen and oxygen atoms in total. The Morgan fingerprint density at radius 3 is 2.82 bits per heavy atom. The van der Waals surface area contributed by atoms with Gasteiger partial charge in [0, 0.05) is 13.2 Å². The SMILES string of the molecule is Cc1ccc(F)cc1C(NN)c1cn(C)cn1. The Morgan fingerprint density at radius 2 is 2.24 bits per heavy atom. The van der Waals surface area contributed by atoms with Gasteiger partial charge in [-0.05, 0) is 30.2 Å². The Hall–Kier alpha value is -1.72. The number of benzene rings is 1. The van der Waals surface area contributed by atoms with Crippen LogP contribution in [0.1, 0.15) is 22.9 Å². The Labute approximate surface area is 99.2 Å². The van der Waals surface area contributed by atoms with Crippen LogP contribution in [-0.4, -0.2) is 9.55 Å². The molecule has 17 heavy (non-hydrogen) atoms. The first-order valence-corrected chi connectivity index (χ1v) is 5.32. The number of aromatic nitrogens is 2. The molecule has 90 valence electrons. The third-order valence-corrected chi connectivity index (χ3v) is 2.74. The van der Waals surface area contributed by atoms with Crippen molar-refractivity contribution in [2.45, 2.75) is 13.0 Å². The average molecular weight is 234 g/mol.